The van der Waals surface area contributed by atoms with Gasteiger partial charge in [-0.05, 0) is 6.07 Å². The quantitative estimate of drug-likeness (QED) is 0.399. The van der Waals surface area contributed by atoms with Crippen LogP contribution in [0.1, 0.15) is 23.5 Å². The molecule has 0 unspecified atom stereocenters. The lowest BCUT2D eigenvalue weighted by molar-refractivity contribution is -0.384. The van der Waals surface area contributed by atoms with E-state index in [1.165, 1.54) is 26.4 Å². The number of nitrogens with zero attached hydrogens (tertiary/aromatic N) is 2. The predicted octanol–water partition coefficient (Wildman–Crippen LogP) is 3.44. The van der Waals surface area contributed by atoms with Crippen LogP contribution in [0.5, 0.6) is 17.4 Å². The molecular formula is C20H17N3O6. The second-order valence-electron chi connectivity index (χ2n) is 6.44. The van der Waals surface area contributed by atoms with Crippen LogP contribution in [0, 0.1) is 10.1 Å². The van der Waals surface area contributed by atoms with Crippen molar-refractivity contribution in [2.45, 2.75) is 12.3 Å². The smallest absolute Gasteiger partial charge is 0.313 e. The molecular weight excluding hydrogens is 378 g/mol. The van der Waals surface area contributed by atoms with E-state index in [9.17, 15) is 14.9 Å². The van der Waals surface area contributed by atoms with Crippen LogP contribution >= 0.6 is 0 Å². The number of hydrogen-bond acceptors (Lipinski definition) is 7. The third kappa shape index (κ3) is 3.16. The molecule has 0 radical (unpaired) electrons. The number of para-hydroxylation sites is 1. The maximum atomic E-state index is 12.2. The first-order valence-corrected chi connectivity index (χ1v) is 8.78. The minimum atomic E-state index is -0.463. The van der Waals surface area contributed by atoms with Crippen LogP contribution in [0.2, 0.25) is 0 Å². The van der Waals surface area contributed by atoms with E-state index in [1.807, 2.05) is 12.1 Å². The molecule has 2 heterocycles. The number of hydrogen-bond donors (Lipinski definition) is 1. The summed E-state index contributed by atoms with van der Waals surface area (Å²) in [6.07, 6.45) is 0.0674. The van der Waals surface area contributed by atoms with Crippen molar-refractivity contribution in [3.05, 3.63) is 63.7 Å². The van der Waals surface area contributed by atoms with Crippen LogP contribution in [0.15, 0.2) is 42.5 Å². The first-order valence-electron chi connectivity index (χ1n) is 8.78. The average Bonchev–Trinajstić information content (AvgIpc) is 3.16. The second-order valence-corrected chi connectivity index (χ2v) is 6.44. The third-order valence-electron chi connectivity index (χ3n) is 4.85. The summed E-state index contributed by atoms with van der Waals surface area (Å²) in [7, 11) is 3.06. The molecule has 148 valence electrons. The average molecular weight is 395 g/mol. The lowest BCUT2D eigenvalue weighted by atomic mass is 9.85. The van der Waals surface area contributed by atoms with Crippen LogP contribution in [-0.4, -0.2) is 35.3 Å². The Bertz CT molecular complexity index is 1110. The molecule has 0 spiro atoms. The fourth-order valence-corrected chi connectivity index (χ4v) is 3.60. The Kier molecular flexibility index (Phi) is 4.63. The Balaban J connectivity index is 1.90. The number of nitrogens with one attached hydrogen (secondary N) is 1. The van der Waals surface area contributed by atoms with Crippen molar-refractivity contribution in [1.29, 1.82) is 0 Å². The monoisotopic (exact) mass is 395 g/mol. The van der Waals surface area contributed by atoms with E-state index in [0.29, 0.717) is 28.3 Å². The highest BCUT2D eigenvalue weighted by atomic mass is 16.6. The summed E-state index contributed by atoms with van der Waals surface area (Å²) in [5, 5.41) is 18.2. The van der Waals surface area contributed by atoms with Crippen molar-refractivity contribution < 1.29 is 23.9 Å². The second kappa shape index (κ2) is 7.27. The molecule has 2 aromatic carbocycles. The topological polar surface area (TPSA) is 117 Å². The van der Waals surface area contributed by atoms with Crippen molar-refractivity contribution in [3.8, 4) is 28.6 Å². The third-order valence-corrected chi connectivity index (χ3v) is 4.85. The van der Waals surface area contributed by atoms with Gasteiger partial charge in [0.2, 0.25) is 5.88 Å². The number of non-ortho nitro benzene ring substituents is 1. The molecule has 3 aromatic rings. The highest BCUT2D eigenvalue weighted by molar-refractivity contribution is 5.81. The van der Waals surface area contributed by atoms with Crippen molar-refractivity contribution in [1.82, 2.24) is 10.2 Å². The lowest BCUT2D eigenvalue weighted by Gasteiger charge is -2.24. The van der Waals surface area contributed by atoms with Gasteiger partial charge in [0.15, 0.2) is 11.5 Å². The molecule has 0 saturated heterocycles. The van der Waals surface area contributed by atoms with Crippen LogP contribution in [0.25, 0.3) is 11.3 Å². The van der Waals surface area contributed by atoms with Crippen LogP contribution in [-0.2, 0) is 4.79 Å². The van der Waals surface area contributed by atoms with Gasteiger partial charge in [-0.15, -0.1) is 5.10 Å². The SMILES string of the molecule is COc1cccc([C@H]2CC(=O)Oc3n[nH]c(-c4cccc([N+](=O)[O-])c4)c32)c1OC. The Morgan fingerprint density at radius 1 is 1.21 bits per heavy atom. The van der Waals surface area contributed by atoms with E-state index >= 15 is 0 Å². The summed E-state index contributed by atoms with van der Waals surface area (Å²) in [6.45, 7) is 0. The van der Waals surface area contributed by atoms with E-state index in [1.54, 1.807) is 18.2 Å². The highest BCUT2D eigenvalue weighted by Gasteiger charge is 2.36. The minimum absolute atomic E-state index is 0.0471. The summed E-state index contributed by atoms with van der Waals surface area (Å²) in [5.41, 5.74) is 2.44. The Labute approximate surface area is 165 Å². The lowest BCUT2D eigenvalue weighted by Crippen LogP contribution is -2.21. The molecule has 1 atom stereocenters. The van der Waals surface area contributed by atoms with Gasteiger partial charge < -0.3 is 14.2 Å². The predicted molar refractivity (Wildman–Crippen MR) is 102 cm³/mol. The Hall–Kier alpha value is -3.88. The van der Waals surface area contributed by atoms with Crippen LogP contribution < -0.4 is 14.2 Å². The molecule has 1 aliphatic heterocycles. The number of nitro benzene ring substituents is 1. The molecule has 0 bridgehead atoms. The number of nitro groups is 1. The summed E-state index contributed by atoms with van der Waals surface area (Å²) >= 11 is 0. The molecule has 1 aliphatic rings. The molecule has 1 aromatic heterocycles. The van der Waals surface area contributed by atoms with Gasteiger partial charge in [-0.25, -0.2) is 0 Å². The largest absolute Gasteiger partial charge is 0.493 e. The van der Waals surface area contributed by atoms with Gasteiger partial charge >= 0.3 is 5.97 Å². The minimum Gasteiger partial charge on any atom is -0.493 e. The van der Waals surface area contributed by atoms with Gasteiger partial charge in [0, 0.05) is 29.2 Å². The number of aromatic nitrogens is 2. The van der Waals surface area contributed by atoms with Crippen LogP contribution in [0.4, 0.5) is 5.69 Å². The zero-order valence-electron chi connectivity index (χ0n) is 15.7. The normalized spacial score (nSPS) is 15.4. The molecule has 0 saturated carbocycles. The van der Waals surface area contributed by atoms with Crippen molar-refractivity contribution in [2.24, 2.45) is 0 Å². The number of carbonyl (C=O) groups is 1. The number of carbonyl (C=O) groups excluding carboxylic acids is 1. The Morgan fingerprint density at radius 3 is 2.72 bits per heavy atom. The van der Waals surface area contributed by atoms with Gasteiger partial charge in [0.25, 0.3) is 5.69 Å². The molecule has 0 fully saturated rings. The first kappa shape index (κ1) is 18.5. The molecule has 4 rings (SSSR count). The molecule has 0 amide bonds. The number of rotatable bonds is 5. The maximum absolute atomic E-state index is 12.2. The fourth-order valence-electron chi connectivity index (χ4n) is 3.60. The van der Waals surface area contributed by atoms with Gasteiger partial charge in [0.05, 0.1) is 36.8 Å². The van der Waals surface area contributed by atoms with Crippen molar-refractivity contribution in [2.75, 3.05) is 14.2 Å². The van der Waals surface area contributed by atoms with Gasteiger partial charge in [-0.3, -0.25) is 20.0 Å². The molecule has 9 nitrogen and oxygen atoms in total. The Morgan fingerprint density at radius 2 is 2.00 bits per heavy atom. The van der Waals surface area contributed by atoms with E-state index in [2.05, 4.69) is 10.2 Å². The maximum Gasteiger partial charge on any atom is 0.313 e. The number of methoxy groups -OCH3 is 2. The molecule has 9 heteroatoms. The van der Waals surface area contributed by atoms with Crippen molar-refractivity contribution >= 4 is 11.7 Å². The summed E-state index contributed by atoms with van der Waals surface area (Å²) in [6, 6.07) is 11.6. The fraction of sp³-hybridized carbons (Fsp3) is 0.200. The van der Waals surface area contributed by atoms with Gasteiger partial charge in [-0.1, -0.05) is 24.3 Å². The summed E-state index contributed by atoms with van der Waals surface area (Å²) in [5.74, 6) is 0.337. The number of H-pyrrole nitrogens is 1. The zero-order chi connectivity index (χ0) is 20.5. The molecule has 29 heavy (non-hydrogen) atoms. The number of esters is 1. The van der Waals surface area contributed by atoms with Gasteiger partial charge in [-0.2, -0.15) is 0 Å². The summed E-state index contributed by atoms with van der Waals surface area (Å²) < 4.78 is 16.2. The number of aromatic amines is 1. The van der Waals surface area contributed by atoms with E-state index in [-0.39, 0.29) is 18.0 Å². The molecule has 1 N–H and O–H groups in total. The highest BCUT2D eigenvalue weighted by Crippen LogP contribution is 2.47. The number of benzene rings is 2. The summed E-state index contributed by atoms with van der Waals surface area (Å²) in [4.78, 5) is 22.9. The van der Waals surface area contributed by atoms with E-state index in [4.69, 9.17) is 14.2 Å². The van der Waals surface area contributed by atoms with E-state index in [0.717, 1.165) is 5.56 Å². The number of fused-ring (bicyclic) bond motifs is 1. The van der Waals surface area contributed by atoms with E-state index < -0.39 is 16.8 Å². The van der Waals surface area contributed by atoms with Gasteiger partial charge in [0.1, 0.15) is 0 Å². The first-order chi connectivity index (χ1) is 14.0. The van der Waals surface area contributed by atoms with Crippen molar-refractivity contribution in [3.63, 3.8) is 0 Å². The number of ether oxygens (including phenoxy) is 3. The zero-order valence-corrected chi connectivity index (χ0v) is 15.7. The van der Waals surface area contributed by atoms with Crippen LogP contribution in [0.3, 0.4) is 0 Å². The standard InChI is InChI=1S/C20H17N3O6/c1-27-15-8-4-7-13(19(15)28-2)14-10-16(24)29-20-17(14)18(21-22-20)11-5-3-6-12(9-11)23(25)26/h3-9,14H,10H2,1-2H3,(H,21,22)/t14-/m1/s1. The molecule has 0 aliphatic carbocycles.